The molecular formula is C14H15N3O3. The lowest BCUT2D eigenvalue weighted by molar-refractivity contribution is 0.0696. The predicted molar refractivity (Wildman–Crippen MR) is 72.1 cm³/mol. The maximum absolute atomic E-state index is 10.9. The maximum atomic E-state index is 10.9. The van der Waals surface area contributed by atoms with E-state index in [1.54, 1.807) is 12.1 Å². The van der Waals surface area contributed by atoms with Crippen molar-refractivity contribution in [3.63, 3.8) is 0 Å². The van der Waals surface area contributed by atoms with Gasteiger partial charge in [-0.1, -0.05) is 25.0 Å². The van der Waals surface area contributed by atoms with E-state index in [1.807, 2.05) is 13.8 Å². The standard InChI is InChI=1S/C14H15N3O3/c1-3-11-12(4-2)16-17-14(15-11)20-10-7-5-6-9(8-10)13(18)19/h5-8H,3-4H2,1-2H3,(H,18,19). The van der Waals surface area contributed by atoms with Gasteiger partial charge in [0, 0.05) is 0 Å². The first-order chi connectivity index (χ1) is 9.63. The number of carbonyl (C=O) groups is 1. The lowest BCUT2D eigenvalue weighted by Gasteiger charge is -2.07. The molecule has 6 nitrogen and oxygen atoms in total. The highest BCUT2D eigenvalue weighted by Crippen LogP contribution is 2.19. The van der Waals surface area contributed by atoms with Gasteiger partial charge in [0.15, 0.2) is 0 Å². The first kappa shape index (κ1) is 13.9. The first-order valence-electron chi connectivity index (χ1n) is 6.37. The molecule has 2 aromatic rings. The van der Waals surface area contributed by atoms with Crippen LogP contribution in [0, 0.1) is 0 Å². The Labute approximate surface area is 116 Å². The molecule has 0 unspecified atom stereocenters. The monoisotopic (exact) mass is 273 g/mol. The van der Waals surface area contributed by atoms with Gasteiger partial charge in [0.05, 0.1) is 17.0 Å². The van der Waals surface area contributed by atoms with Crippen LogP contribution in [-0.4, -0.2) is 26.3 Å². The predicted octanol–water partition coefficient (Wildman–Crippen LogP) is 2.49. The van der Waals surface area contributed by atoms with E-state index in [4.69, 9.17) is 9.84 Å². The Hall–Kier alpha value is -2.50. The van der Waals surface area contributed by atoms with E-state index in [0.717, 1.165) is 24.2 Å². The van der Waals surface area contributed by atoms with Gasteiger partial charge in [0.1, 0.15) is 5.75 Å². The van der Waals surface area contributed by atoms with Gasteiger partial charge in [0.25, 0.3) is 0 Å². The second kappa shape index (κ2) is 6.10. The van der Waals surface area contributed by atoms with Crippen molar-refractivity contribution in [3.8, 4) is 11.8 Å². The fourth-order valence-corrected chi connectivity index (χ4v) is 1.76. The average molecular weight is 273 g/mol. The summed E-state index contributed by atoms with van der Waals surface area (Å²) < 4.78 is 5.46. The highest BCUT2D eigenvalue weighted by molar-refractivity contribution is 5.88. The van der Waals surface area contributed by atoms with E-state index < -0.39 is 5.97 Å². The molecule has 0 saturated carbocycles. The smallest absolute Gasteiger partial charge is 0.341 e. The lowest BCUT2D eigenvalue weighted by Crippen LogP contribution is -2.04. The largest absolute Gasteiger partial charge is 0.478 e. The molecule has 0 saturated heterocycles. The second-order valence-corrected chi connectivity index (χ2v) is 4.13. The van der Waals surface area contributed by atoms with Crippen molar-refractivity contribution in [3.05, 3.63) is 41.2 Å². The number of aromatic carboxylic acids is 1. The Bertz CT molecular complexity index is 629. The zero-order chi connectivity index (χ0) is 14.5. The fourth-order valence-electron chi connectivity index (χ4n) is 1.76. The van der Waals surface area contributed by atoms with E-state index in [-0.39, 0.29) is 11.6 Å². The van der Waals surface area contributed by atoms with Gasteiger partial charge in [-0.3, -0.25) is 0 Å². The van der Waals surface area contributed by atoms with E-state index in [1.165, 1.54) is 12.1 Å². The van der Waals surface area contributed by atoms with E-state index >= 15 is 0 Å². The number of rotatable bonds is 5. The molecule has 20 heavy (non-hydrogen) atoms. The molecule has 6 heteroatoms. The van der Waals surface area contributed by atoms with Crippen LogP contribution in [-0.2, 0) is 12.8 Å². The van der Waals surface area contributed by atoms with Gasteiger partial charge in [-0.15, -0.1) is 5.10 Å². The highest BCUT2D eigenvalue weighted by Gasteiger charge is 2.09. The van der Waals surface area contributed by atoms with Crippen molar-refractivity contribution in [2.24, 2.45) is 0 Å². The number of aryl methyl sites for hydroxylation is 2. The molecule has 0 aliphatic rings. The quantitative estimate of drug-likeness (QED) is 0.900. The third-order valence-electron chi connectivity index (χ3n) is 2.78. The first-order valence-corrected chi connectivity index (χ1v) is 6.37. The SMILES string of the molecule is CCc1nnc(Oc2cccc(C(=O)O)c2)nc1CC. The molecule has 1 N–H and O–H groups in total. The number of hydrogen-bond acceptors (Lipinski definition) is 5. The summed E-state index contributed by atoms with van der Waals surface area (Å²) in [4.78, 5) is 15.2. The summed E-state index contributed by atoms with van der Waals surface area (Å²) in [6.07, 6.45) is 1.50. The summed E-state index contributed by atoms with van der Waals surface area (Å²) in [7, 11) is 0. The summed E-state index contributed by atoms with van der Waals surface area (Å²) in [5.74, 6) is -0.636. The van der Waals surface area contributed by atoms with Crippen molar-refractivity contribution in [2.75, 3.05) is 0 Å². The molecule has 0 bridgehead atoms. The minimum absolute atomic E-state index is 0.126. The van der Waals surface area contributed by atoms with Crippen LogP contribution in [0.25, 0.3) is 0 Å². The van der Waals surface area contributed by atoms with Crippen LogP contribution >= 0.6 is 0 Å². The van der Waals surface area contributed by atoms with Gasteiger partial charge in [-0.05, 0) is 31.0 Å². The number of hydrogen-bond donors (Lipinski definition) is 1. The Morgan fingerprint density at radius 1 is 1.20 bits per heavy atom. The summed E-state index contributed by atoms with van der Waals surface area (Å²) in [5, 5.41) is 16.9. The lowest BCUT2D eigenvalue weighted by atomic mass is 10.2. The third-order valence-corrected chi connectivity index (χ3v) is 2.78. The van der Waals surface area contributed by atoms with Gasteiger partial charge < -0.3 is 9.84 Å². The van der Waals surface area contributed by atoms with Crippen molar-refractivity contribution in [1.29, 1.82) is 0 Å². The molecule has 1 heterocycles. The molecular weight excluding hydrogens is 258 g/mol. The Kier molecular flexibility index (Phi) is 4.24. The highest BCUT2D eigenvalue weighted by atomic mass is 16.5. The molecule has 0 amide bonds. The van der Waals surface area contributed by atoms with Crippen LogP contribution in [0.15, 0.2) is 24.3 Å². The molecule has 1 aromatic heterocycles. The van der Waals surface area contributed by atoms with Gasteiger partial charge in [-0.2, -0.15) is 4.98 Å². The molecule has 0 aliphatic heterocycles. The van der Waals surface area contributed by atoms with Crippen molar-refractivity contribution in [1.82, 2.24) is 15.2 Å². The zero-order valence-corrected chi connectivity index (χ0v) is 11.3. The zero-order valence-electron chi connectivity index (χ0n) is 11.3. The van der Waals surface area contributed by atoms with Crippen LogP contribution in [0.5, 0.6) is 11.8 Å². The fraction of sp³-hybridized carbons (Fsp3) is 0.286. The minimum Gasteiger partial charge on any atom is -0.478 e. The average Bonchev–Trinajstić information content (AvgIpc) is 2.47. The molecule has 0 fully saturated rings. The van der Waals surface area contributed by atoms with E-state index in [2.05, 4.69) is 15.2 Å². The summed E-state index contributed by atoms with van der Waals surface area (Å²) in [6, 6.07) is 6.29. The summed E-state index contributed by atoms with van der Waals surface area (Å²) >= 11 is 0. The topological polar surface area (TPSA) is 85.2 Å². The van der Waals surface area contributed by atoms with Crippen LogP contribution in [0.2, 0.25) is 0 Å². The Balaban J connectivity index is 2.25. The summed E-state index contributed by atoms with van der Waals surface area (Å²) in [5.41, 5.74) is 1.84. The van der Waals surface area contributed by atoms with E-state index in [9.17, 15) is 4.79 Å². The molecule has 1 aromatic carbocycles. The minimum atomic E-state index is -1.01. The number of ether oxygens (including phenoxy) is 1. The number of nitrogens with zero attached hydrogens (tertiary/aromatic N) is 3. The van der Waals surface area contributed by atoms with Crippen LogP contribution in [0.4, 0.5) is 0 Å². The number of benzene rings is 1. The third kappa shape index (κ3) is 3.09. The number of aromatic nitrogens is 3. The normalized spacial score (nSPS) is 10.3. The van der Waals surface area contributed by atoms with Crippen LogP contribution < -0.4 is 4.74 Å². The molecule has 0 aliphatic carbocycles. The molecule has 104 valence electrons. The van der Waals surface area contributed by atoms with Gasteiger partial charge in [-0.25, -0.2) is 4.79 Å². The number of carboxylic acid groups (broad SMARTS) is 1. The molecule has 2 rings (SSSR count). The second-order valence-electron chi connectivity index (χ2n) is 4.13. The molecule has 0 radical (unpaired) electrons. The van der Waals surface area contributed by atoms with Crippen LogP contribution in [0.3, 0.4) is 0 Å². The molecule has 0 spiro atoms. The maximum Gasteiger partial charge on any atom is 0.341 e. The Morgan fingerprint density at radius 3 is 2.60 bits per heavy atom. The van der Waals surface area contributed by atoms with Crippen molar-refractivity contribution < 1.29 is 14.6 Å². The van der Waals surface area contributed by atoms with Crippen molar-refractivity contribution >= 4 is 5.97 Å². The number of carboxylic acids is 1. The summed E-state index contributed by atoms with van der Waals surface area (Å²) in [6.45, 7) is 3.97. The van der Waals surface area contributed by atoms with Gasteiger partial charge >= 0.3 is 12.0 Å². The van der Waals surface area contributed by atoms with Crippen LogP contribution in [0.1, 0.15) is 35.6 Å². The van der Waals surface area contributed by atoms with Gasteiger partial charge in [0.2, 0.25) is 0 Å². The van der Waals surface area contributed by atoms with E-state index in [0.29, 0.717) is 5.75 Å². The van der Waals surface area contributed by atoms with Crippen molar-refractivity contribution in [2.45, 2.75) is 26.7 Å². The Morgan fingerprint density at radius 2 is 1.95 bits per heavy atom. The molecule has 0 atom stereocenters.